The first-order chi connectivity index (χ1) is 13.9. The molecule has 2 aromatic rings. The zero-order valence-corrected chi connectivity index (χ0v) is 17.5. The summed E-state index contributed by atoms with van der Waals surface area (Å²) in [7, 11) is 0. The summed E-state index contributed by atoms with van der Waals surface area (Å²) in [5.41, 5.74) is 5.71. The number of rotatable bonds is 9. The summed E-state index contributed by atoms with van der Waals surface area (Å²) in [6.45, 7) is 4.67. The van der Waals surface area contributed by atoms with Gasteiger partial charge in [-0.05, 0) is 36.6 Å². The minimum Gasteiger partial charge on any atom is -0.383 e. The van der Waals surface area contributed by atoms with Crippen LogP contribution in [0.1, 0.15) is 45.1 Å². The smallest absolute Gasteiger partial charge is 0.330 e. The van der Waals surface area contributed by atoms with Gasteiger partial charge >= 0.3 is 5.69 Å². The average Bonchev–Trinajstić information content (AvgIpc) is 2.68. The number of nitrogens with one attached hydrogen (secondary N) is 1. The van der Waals surface area contributed by atoms with Gasteiger partial charge in [0.2, 0.25) is 0 Å². The van der Waals surface area contributed by atoms with Gasteiger partial charge in [-0.25, -0.2) is 4.79 Å². The van der Waals surface area contributed by atoms with E-state index in [1.807, 2.05) is 19.9 Å². The second kappa shape index (κ2) is 10.7. The molecule has 7 nitrogen and oxygen atoms in total. The van der Waals surface area contributed by atoms with Gasteiger partial charge in [0, 0.05) is 24.2 Å². The topological polar surface area (TPSA) is 101 Å². The third-order valence-electron chi connectivity index (χ3n) is 4.49. The lowest BCUT2D eigenvalue weighted by molar-refractivity contribution is -0.114. The molecule has 0 fully saturated rings. The molecule has 1 amide bonds. The molecule has 8 heteroatoms. The van der Waals surface area contributed by atoms with E-state index >= 15 is 0 Å². The molecule has 0 aliphatic heterocycles. The van der Waals surface area contributed by atoms with E-state index < -0.39 is 17.2 Å². The van der Waals surface area contributed by atoms with Gasteiger partial charge < -0.3 is 10.6 Å². The minimum atomic E-state index is -0.666. The van der Waals surface area contributed by atoms with Crippen LogP contribution in [0.5, 0.6) is 0 Å². The molecular formula is C21H27ClN4O3. The Morgan fingerprint density at radius 3 is 2.62 bits per heavy atom. The molecule has 0 aliphatic carbocycles. The van der Waals surface area contributed by atoms with Gasteiger partial charge in [-0.2, -0.15) is 0 Å². The number of nitrogen functional groups attached to an aromatic ring is 1. The largest absolute Gasteiger partial charge is 0.383 e. The van der Waals surface area contributed by atoms with Crippen LogP contribution in [0, 0.1) is 0 Å². The molecule has 1 aromatic heterocycles. The zero-order chi connectivity index (χ0) is 21.4. The Kier molecular flexibility index (Phi) is 8.27. The maximum absolute atomic E-state index is 12.9. The van der Waals surface area contributed by atoms with E-state index in [1.165, 1.54) is 15.5 Å². The van der Waals surface area contributed by atoms with Crippen molar-refractivity contribution in [2.75, 3.05) is 17.2 Å². The average molecular weight is 419 g/mol. The molecule has 0 radical (unpaired) electrons. The Bertz CT molecular complexity index is 994. The lowest BCUT2D eigenvalue weighted by atomic mass is 10.2. The van der Waals surface area contributed by atoms with Crippen molar-refractivity contribution in [3.05, 3.63) is 61.8 Å². The van der Waals surface area contributed by atoms with Crippen molar-refractivity contribution in [1.29, 1.82) is 0 Å². The Labute approximate surface area is 174 Å². The van der Waals surface area contributed by atoms with E-state index in [0.717, 1.165) is 24.8 Å². The molecule has 0 spiro atoms. The monoisotopic (exact) mass is 418 g/mol. The molecule has 29 heavy (non-hydrogen) atoms. The van der Waals surface area contributed by atoms with Gasteiger partial charge in [-0.1, -0.05) is 50.4 Å². The van der Waals surface area contributed by atoms with Crippen LogP contribution in [0.4, 0.5) is 11.5 Å². The van der Waals surface area contributed by atoms with Crippen molar-refractivity contribution in [3.8, 4) is 0 Å². The van der Waals surface area contributed by atoms with Gasteiger partial charge in [0.1, 0.15) is 5.82 Å². The van der Waals surface area contributed by atoms with Crippen molar-refractivity contribution < 1.29 is 4.79 Å². The third-order valence-corrected chi connectivity index (χ3v) is 4.72. The van der Waals surface area contributed by atoms with E-state index in [4.69, 9.17) is 17.3 Å². The number of aromatic nitrogens is 2. The number of unbranched alkanes of at least 4 members (excludes halogenated alkanes) is 2. The molecule has 0 bridgehead atoms. The summed E-state index contributed by atoms with van der Waals surface area (Å²) in [4.78, 5) is 41.2. The lowest BCUT2D eigenvalue weighted by Crippen LogP contribution is -2.41. The Balaban J connectivity index is 2.45. The van der Waals surface area contributed by atoms with Crippen LogP contribution in [0.25, 0.3) is 6.08 Å². The molecule has 0 atom stereocenters. The number of H-pyrrole nitrogens is 1. The highest BCUT2D eigenvalue weighted by Crippen LogP contribution is 2.19. The van der Waals surface area contributed by atoms with Crippen LogP contribution in [-0.2, 0) is 11.3 Å². The number of benzene rings is 1. The predicted molar refractivity (Wildman–Crippen MR) is 118 cm³/mol. The highest BCUT2D eigenvalue weighted by Gasteiger charge is 2.22. The molecule has 1 aromatic carbocycles. The number of halogens is 1. The fourth-order valence-electron chi connectivity index (χ4n) is 2.89. The normalized spacial score (nSPS) is 11.1. The first-order valence-electron chi connectivity index (χ1n) is 9.76. The minimum absolute atomic E-state index is 0.00723. The van der Waals surface area contributed by atoms with Crippen molar-refractivity contribution in [2.24, 2.45) is 0 Å². The summed E-state index contributed by atoms with van der Waals surface area (Å²) >= 11 is 5.98. The quantitative estimate of drug-likeness (QED) is 0.609. The van der Waals surface area contributed by atoms with E-state index in [2.05, 4.69) is 4.98 Å². The zero-order valence-electron chi connectivity index (χ0n) is 16.8. The summed E-state index contributed by atoms with van der Waals surface area (Å²) in [5.74, 6) is -0.385. The van der Waals surface area contributed by atoms with Crippen molar-refractivity contribution in [3.63, 3.8) is 0 Å². The van der Waals surface area contributed by atoms with Gasteiger partial charge in [0.15, 0.2) is 5.69 Å². The molecule has 0 unspecified atom stereocenters. The molecule has 1 heterocycles. The van der Waals surface area contributed by atoms with Crippen LogP contribution >= 0.6 is 11.6 Å². The maximum Gasteiger partial charge on any atom is 0.330 e. The number of amides is 1. The van der Waals surface area contributed by atoms with Gasteiger partial charge in [0.05, 0.1) is 0 Å². The molecule has 2 rings (SSSR count). The van der Waals surface area contributed by atoms with E-state index in [9.17, 15) is 14.4 Å². The Morgan fingerprint density at radius 2 is 1.97 bits per heavy atom. The lowest BCUT2D eigenvalue weighted by Gasteiger charge is -2.23. The van der Waals surface area contributed by atoms with Gasteiger partial charge in [0.25, 0.3) is 11.5 Å². The number of nitrogens with two attached hydrogens (primary N) is 1. The van der Waals surface area contributed by atoms with Crippen LogP contribution in [0.2, 0.25) is 5.02 Å². The number of carbonyl (C=O) groups excluding carboxylic acids is 1. The molecule has 3 N–H and O–H groups in total. The van der Waals surface area contributed by atoms with Crippen LogP contribution < -0.4 is 21.9 Å². The van der Waals surface area contributed by atoms with Crippen LogP contribution in [-0.4, -0.2) is 22.0 Å². The number of aromatic amines is 1. The van der Waals surface area contributed by atoms with Crippen molar-refractivity contribution in [1.82, 2.24) is 9.55 Å². The van der Waals surface area contributed by atoms with E-state index in [-0.39, 0.29) is 11.5 Å². The summed E-state index contributed by atoms with van der Waals surface area (Å²) in [5, 5.41) is 0.561. The number of carbonyl (C=O) groups is 1. The van der Waals surface area contributed by atoms with Crippen LogP contribution in [0.15, 0.2) is 39.9 Å². The molecule has 0 saturated carbocycles. The predicted octanol–water partition coefficient (Wildman–Crippen LogP) is 3.42. The van der Waals surface area contributed by atoms with Crippen molar-refractivity contribution >= 4 is 35.1 Å². The Hall–Kier alpha value is -2.80. The van der Waals surface area contributed by atoms with Crippen molar-refractivity contribution in [2.45, 2.75) is 46.1 Å². The summed E-state index contributed by atoms with van der Waals surface area (Å²) in [6.07, 6.45) is 6.11. The van der Waals surface area contributed by atoms with E-state index in [0.29, 0.717) is 24.5 Å². The van der Waals surface area contributed by atoms with E-state index in [1.54, 1.807) is 24.3 Å². The molecule has 0 saturated heterocycles. The fourth-order valence-corrected chi connectivity index (χ4v) is 3.09. The Morgan fingerprint density at radius 1 is 1.24 bits per heavy atom. The highest BCUT2D eigenvalue weighted by molar-refractivity contribution is 6.30. The second-order valence-electron chi connectivity index (χ2n) is 6.73. The number of anilines is 2. The summed E-state index contributed by atoms with van der Waals surface area (Å²) < 4.78 is 1.31. The highest BCUT2D eigenvalue weighted by atomic mass is 35.5. The number of hydrogen-bond acceptors (Lipinski definition) is 4. The maximum atomic E-state index is 12.9. The molecular weight excluding hydrogens is 392 g/mol. The van der Waals surface area contributed by atoms with Gasteiger partial charge in [-0.15, -0.1) is 0 Å². The standard InChI is InChI=1S/C21H27ClN4O3/c1-3-5-12-25(17(27)11-10-15-8-7-9-16(22)14-15)18-19(23)26(13-6-4-2)21(29)24-20(18)28/h7-11,14H,3-6,12-13,23H2,1-2H3,(H,24,28,29)/b11-10+. The second-order valence-corrected chi connectivity index (χ2v) is 7.17. The van der Waals surface area contributed by atoms with Gasteiger partial charge in [-0.3, -0.25) is 19.1 Å². The SMILES string of the molecule is CCCCN(C(=O)/C=C/c1cccc(Cl)c1)c1c(N)n(CCCC)c(=O)[nH]c1=O. The first kappa shape index (κ1) is 22.5. The third kappa shape index (κ3) is 5.84. The fraction of sp³-hybridized carbons (Fsp3) is 0.381. The number of nitrogens with zero attached hydrogens (tertiary/aromatic N) is 2. The number of hydrogen-bond donors (Lipinski definition) is 2. The summed E-state index contributed by atoms with van der Waals surface area (Å²) in [6, 6.07) is 7.08. The first-order valence-corrected chi connectivity index (χ1v) is 10.1. The molecule has 0 aliphatic rings. The van der Waals surface area contributed by atoms with Crippen LogP contribution in [0.3, 0.4) is 0 Å². The molecule has 156 valence electrons.